The Kier molecular flexibility index (Phi) is 4.51. The van der Waals surface area contributed by atoms with E-state index in [9.17, 15) is 13.5 Å². The van der Waals surface area contributed by atoms with E-state index < -0.39 is 10.2 Å². The largest absolute Gasteiger partial charge is 0.393 e. The molecule has 0 aliphatic heterocycles. The van der Waals surface area contributed by atoms with Gasteiger partial charge in [0.05, 0.1) is 6.10 Å². The monoisotopic (exact) mass is 236 g/mol. The summed E-state index contributed by atoms with van der Waals surface area (Å²) in [4.78, 5) is 0. The maximum Gasteiger partial charge on any atom is 0.277 e. The highest BCUT2D eigenvalue weighted by Crippen LogP contribution is 2.24. The summed E-state index contributed by atoms with van der Waals surface area (Å²) in [5.74, 6) is 0.0636. The van der Waals surface area contributed by atoms with Crippen LogP contribution in [0.2, 0.25) is 0 Å². The third-order valence-corrected chi connectivity index (χ3v) is 3.87. The second-order valence-electron chi connectivity index (χ2n) is 4.38. The van der Waals surface area contributed by atoms with E-state index in [-0.39, 0.29) is 18.1 Å². The van der Waals surface area contributed by atoms with Crippen LogP contribution in [0.25, 0.3) is 0 Å². The van der Waals surface area contributed by atoms with E-state index in [1.54, 1.807) is 13.8 Å². The van der Waals surface area contributed by atoms with Crippen molar-refractivity contribution in [1.29, 1.82) is 0 Å². The van der Waals surface area contributed by atoms with Gasteiger partial charge in [-0.2, -0.15) is 13.1 Å². The predicted molar refractivity (Wildman–Crippen MR) is 58.5 cm³/mol. The summed E-state index contributed by atoms with van der Waals surface area (Å²) >= 11 is 0. The third kappa shape index (κ3) is 4.46. The highest BCUT2D eigenvalue weighted by atomic mass is 32.2. The van der Waals surface area contributed by atoms with E-state index in [1.165, 1.54) is 0 Å². The van der Waals surface area contributed by atoms with Gasteiger partial charge < -0.3 is 5.11 Å². The fourth-order valence-corrected chi connectivity index (χ4v) is 2.96. The van der Waals surface area contributed by atoms with Crippen molar-refractivity contribution in [2.75, 3.05) is 6.54 Å². The summed E-state index contributed by atoms with van der Waals surface area (Å²) in [5, 5.41) is 9.51. The molecule has 1 aliphatic rings. The van der Waals surface area contributed by atoms with Gasteiger partial charge in [-0.05, 0) is 32.6 Å². The Hall–Kier alpha value is -0.170. The molecule has 2 atom stereocenters. The van der Waals surface area contributed by atoms with Gasteiger partial charge in [-0.15, -0.1) is 0 Å². The molecule has 3 N–H and O–H groups in total. The van der Waals surface area contributed by atoms with E-state index in [0.29, 0.717) is 6.54 Å². The standard InChI is InChI=1S/C9H20N2O3S/c1-7(2)11-15(13,14)10-6-8-4-3-5-9(8)12/h7-12H,3-6H2,1-2H3. The Balaban J connectivity index is 2.35. The molecule has 0 radical (unpaired) electrons. The topological polar surface area (TPSA) is 78.4 Å². The first-order valence-electron chi connectivity index (χ1n) is 5.35. The smallest absolute Gasteiger partial charge is 0.277 e. The van der Waals surface area contributed by atoms with Crippen LogP contribution in [0.5, 0.6) is 0 Å². The second-order valence-corrected chi connectivity index (χ2v) is 5.91. The highest BCUT2D eigenvalue weighted by molar-refractivity contribution is 7.87. The SMILES string of the molecule is CC(C)NS(=O)(=O)NCC1CCCC1O. The minimum absolute atomic E-state index is 0.0636. The van der Waals surface area contributed by atoms with Gasteiger partial charge in [0.15, 0.2) is 0 Å². The summed E-state index contributed by atoms with van der Waals surface area (Å²) in [5.41, 5.74) is 0. The van der Waals surface area contributed by atoms with E-state index in [4.69, 9.17) is 0 Å². The van der Waals surface area contributed by atoms with Gasteiger partial charge in [0.1, 0.15) is 0 Å². The van der Waals surface area contributed by atoms with Crippen molar-refractivity contribution in [2.45, 2.75) is 45.3 Å². The molecular formula is C9H20N2O3S. The number of rotatable bonds is 5. The Morgan fingerprint density at radius 2 is 2.07 bits per heavy atom. The van der Waals surface area contributed by atoms with Crippen LogP contribution in [0.15, 0.2) is 0 Å². The molecule has 1 saturated carbocycles. The number of nitrogens with one attached hydrogen (secondary N) is 2. The van der Waals surface area contributed by atoms with Crippen LogP contribution in [0.1, 0.15) is 33.1 Å². The quantitative estimate of drug-likeness (QED) is 0.628. The lowest BCUT2D eigenvalue weighted by Crippen LogP contribution is -2.43. The number of hydrogen-bond donors (Lipinski definition) is 3. The van der Waals surface area contributed by atoms with Crippen molar-refractivity contribution >= 4 is 10.2 Å². The van der Waals surface area contributed by atoms with Crippen molar-refractivity contribution < 1.29 is 13.5 Å². The van der Waals surface area contributed by atoms with Crippen LogP contribution in [-0.4, -0.2) is 32.2 Å². The van der Waals surface area contributed by atoms with Crippen molar-refractivity contribution in [3.05, 3.63) is 0 Å². The van der Waals surface area contributed by atoms with Crippen LogP contribution < -0.4 is 9.44 Å². The van der Waals surface area contributed by atoms with Crippen LogP contribution in [-0.2, 0) is 10.2 Å². The maximum absolute atomic E-state index is 11.4. The summed E-state index contributed by atoms with van der Waals surface area (Å²) in [6.07, 6.45) is 2.30. The molecule has 0 amide bonds. The van der Waals surface area contributed by atoms with E-state index in [0.717, 1.165) is 19.3 Å². The maximum atomic E-state index is 11.4. The Morgan fingerprint density at radius 1 is 1.40 bits per heavy atom. The second kappa shape index (κ2) is 5.25. The van der Waals surface area contributed by atoms with Crippen LogP contribution in [0.3, 0.4) is 0 Å². The van der Waals surface area contributed by atoms with Crippen LogP contribution in [0, 0.1) is 5.92 Å². The molecule has 6 heteroatoms. The molecule has 0 heterocycles. The van der Waals surface area contributed by atoms with Gasteiger partial charge in [0, 0.05) is 12.6 Å². The molecule has 0 saturated heterocycles. The fourth-order valence-electron chi connectivity index (χ4n) is 1.82. The van der Waals surface area contributed by atoms with E-state index in [2.05, 4.69) is 9.44 Å². The molecular weight excluding hydrogens is 216 g/mol. The van der Waals surface area contributed by atoms with Crippen molar-refractivity contribution in [2.24, 2.45) is 5.92 Å². The Morgan fingerprint density at radius 3 is 2.53 bits per heavy atom. The first-order valence-corrected chi connectivity index (χ1v) is 6.84. The molecule has 0 aromatic heterocycles. The third-order valence-electron chi connectivity index (χ3n) is 2.55. The van der Waals surface area contributed by atoms with E-state index >= 15 is 0 Å². The number of hydrogen-bond acceptors (Lipinski definition) is 3. The van der Waals surface area contributed by atoms with Crippen LogP contribution in [0.4, 0.5) is 0 Å². The molecule has 0 aromatic carbocycles. The molecule has 0 spiro atoms. The molecule has 0 aromatic rings. The molecule has 0 bridgehead atoms. The zero-order chi connectivity index (χ0) is 11.5. The Bertz CT molecular complexity index is 290. The van der Waals surface area contributed by atoms with Gasteiger partial charge >= 0.3 is 0 Å². The Labute approximate surface area is 91.4 Å². The van der Waals surface area contributed by atoms with Gasteiger partial charge in [-0.1, -0.05) is 6.42 Å². The molecule has 15 heavy (non-hydrogen) atoms. The highest BCUT2D eigenvalue weighted by Gasteiger charge is 2.26. The lowest BCUT2D eigenvalue weighted by molar-refractivity contribution is 0.134. The first-order chi connectivity index (χ1) is 6.91. The molecule has 90 valence electrons. The van der Waals surface area contributed by atoms with E-state index in [1.807, 2.05) is 0 Å². The minimum atomic E-state index is -3.40. The minimum Gasteiger partial charge on any atom is -0.393 e. The van der Waals surface area contributed by atoms with Crippen molar-refractivity contribution in [3.63, 3.8) is 0 Å². The first kappa shape index (κ1) is 12.9. The normalized spacial score (nSPS) is 27.5. The summed E-state index contributed by atoms with van der Waals surface area (Å²) < 4.78 is 27.7. The zero-order valence-electron chi connectivity index (χ0n) is 9.23. The lowest BCUT2D eigenvalue weighted by Gasteiger charge is -2.16. The molecule has 5 nitrogen and oxygen atoms in total. The van der Waals surface area contributed by atoms with Crippen molar-refractivity contribution in [3.8, 4) is 0 Å². The molecule has 1 rings (SSSR count). The summed E-state index contributed by atoms with van der Waals surface area (Å²) in [6, 6.07) is -0.115. The van der Waals surface area contributed by atoms with Gasteiger partial charge in [-0.3, -0.25) is 0 Å². The van der Waals surface area contributed by atoms with Gasteiger partial charge in [0.25, 0.3) is 10.2 Å². The summed E-state index contributed by atoms with van der Waals surface area (Å²) in [7, 11) is -3.40. The predicted octanol–water partition coefficient (Wildman–Crippen LogP) is -0.0202. The molecule has 1 aliphatic carbocycles. The average Bonchev–Trinajstić information content (AvgIpc) is 2.45. The number of aliphatic hydroxyl groups excluding tert-OH is 1. The van der Waals surface area contributed by atoms with Gasteiger partial charge in [-0.25, -0.2) is 4.72 Å². The average molecular weight is 236 g/mol. The number of aliphatic hydroxyl groups is 1. The van der Waals surface area contributed by atoms with Gasteiger partial charge in [0.2, 0.25) is 0 Å². The fraction of sp³-hybridized carbons (Fsp3) is 1.00. The summed E-state index contributed by atoms with van der Waals surface area (Å²) in [6.45, 7) is 3.86. The molecule has 2 unspecified atom stereocenters. The van der Waals surface area contributed by atoms with Crippen LogP contribution >= 0.6 is 0 Å². The molecule has 1 fully saturated rings. The lowest BCUT2D eigenvalue weighted by atomic mass is 10.1. The zero-order valence-corrected chi connectivity index (χ0v) is 10.0. The van der Waals surface area contributed by atoms with Crippen molar-refractivity contribution in [1.82, 2.24) is 9.44 Å².